The Morgan fingerprint density at radius 1 is 1.17 bits per heavy atom. The fourth-order valence-corrected chi connectivity index (χ4v) is 4.66. The third kappa shape index (κ3) is 4.46. The van der Waals surface area contributed by atoms with Crippen LogP contribution in [0.1, 0.15) is 55.6 Å². The smallest absolute Gasteiger partial charge is 0.168 e. The summed E-state index contributed by atoms with van der Waals surface area (Å²) in [6, 6.07) is 6.89. The molecule has 0 spiro atoms. The van der Waals surface area contributed by atoms with Crippen molar-refractivity contribution >= 4 is 5.69 Å². The summed E-state index contributed by atoms with van der Waals surface area (Å²) in [6.07, 6.45) is 4.69. The van der Waals surface area contributed by atoms with Crippen LogP contribution in [0.3, 0.4) is 0 Å². The van der Waals surface area contributed by atoms with Crippen LogP contribution in [0.5, 0.6) is 0 Å². The van der Waals surface area contributed by atoms with Gasteiger partial charge >= 0.3 is 0 Å². The molecule has 0 radical (unpaired) electrons. The van der Waals surface area contributed by atoms with Gasteiger partial charge in [-0.15, -0.1) is 5.10 Å². The lowest BCUT2D eigenvalue weighted by atomic mass is 10.1. The third-order valence-corrected chi connectivity index (χ3v) is 6.49. The zero-order valence-electron chi connectivity index (χ0n) is 18.0. The summed E-state index contributed by atoms with van der Waals surface area (Å²) in [4.78, 5) is 5.10. The molecular weight excluding hydrogens is 364 g/mol. The van der Waals surface area contributed by atoms with Gasteiger partial charge in [-0.2, -0.15) is 0 Å². The van der Waals surface area contributed by atoms with E-state index in [1.54, 1.807) is 0 Å². The second-order valence-electron chi connectivity index (χ2n) is 8.40. The van der Waals surface area contributed by atoms with Crippen molar-refractivity contribution in [1.29, 1.82) is 0 Å². The fourth-order valence-electron chi connectivity index (χ4n) is 4.66. The third-order valence-electron chi connectivity index (χ3n) is 6.49. The molecule has 2 aliphatic rings. The minimum Gasteiger partial charge on any atom is -0.376 e. The SMILES string of the molecule is CCC[C@H](c1nnnn1C[C@H]1CCCO1)N1CCN(c2cccc(C)c2C)CC1. The Labute approximate surface area is 174 Å². The largest absolute Gasteiger partial charge is 0.376 e. The van der Waals surface area contributed by atoms with Crippen LogP contribution in [0, 0.1) is 13.8 Å². The number of hydrogen-bond acceptors (Lipinski definition) is 6. The van der Waals surface area contributed by atoms with Gasteiger partial charge in [-0.05, 0) is 60.7 Å². The van der Waals surface area contributed by atoms with Gasteiger partial charge in [-0.3, -0.25) is 4.90 Å². The van der Waals surface area contributed by atoms with Crippen LogP contribution < -0.4 is 4.90 Å². The average Bonchev–Trinajstić information content (AvgIpc) is 3.41. The first-order valence-corrected chi connectivity index (χ1v) is 11.1. The van der Waals surface area contributed by atoms with Gasteiger partial charge in [0.15, 0.2) is 5.82 Å². The van der Waals surface area contributed by atoms with Gasteiger partial charge in [0.05, 0.1) is 18.7 Å². The van der Waals surface area contributed by atoms with Gasteiger partial charge in [0, 0.05) is 38.5 Å². The van der Waals surface area contributed by atoms with Crippen molar-refractivity contribution in [3.8, 4) is 0 Å². The number of anilines is 1. The number of benzene rings is 1. The molecule has 0 bridgehead atoms. The lowest BCUT2D eigenvalue weighted by Crippen LogP contribution is -2.48. The molecular formula is C22H34N6O. The topological polar surface area (TPSA) is 59.3 Å². The Kier molecular flexibility index (Phi) is 6.45. The molecule has 1 aromatic carbocycles. The second kappa shape index (κ2) is 9.22. The van der Waals surface area contributed by atoms with Crippen molar-refractivity contribution in [2.24, 2.45) is 0 Å². The van der Waals surface area contributed by atoms with E-state index in [0.717, 1.165) is 70.8 Å². The summed E-state index contributed by atoms with van der Waals surface area (Å²) >= 11 is 0. The van der Waals surface area contributed by atoms with E-state index < -0.39 is 0 Å². The van der Waals surface area contributed by atoms with E-state index in [9.17, 15) is 0 Å². The molecule has 29 heavy (non-hydrogen) atoms. The summed E-state index contributed by atoms with van der Waals surface area (Å²) in [6.45, 7) is 12.4. The molecule has 0 saturated carbocycles. The number of nitrogens with zero attached hydrogens (tertiary/aromatic N) is 6. The Hall–Kier alpha value is -1.99. The number of rotatable bonds is 7. The first-order valence-electron chi connectivity index (χ1n) is 11.1. The van der Waals surface area contributed by atoms with E-state index in [1.165, 1.54) is 16.8 Å². The zero-order valence-corrected chi connectivity index (χ0v) is 18.0. The Morgan fingerprint density at radius 2 is 2.00 bits per heavy atom. The van der Waals surface area contributed by atoms with Gasteiger partial charge < -0.3 is 9.64 Å². The first-order chi connectivity index (χ1) is 14.2. The molecule has 0 unspecified atom stereocenters. The number of aryl methyl sites for hydroxylation is 1. The van der Waals surface area contributed by atoms with Gasteiger partial charge in [-0.1, -0.05) is 25.5 Å². The van der Waals surface area contributed by atoms with Crippen LogP contribution in [-0.2, 0) is 11.3 Å². The van der Waals surface area contributed by atoms with Crippen molar-refractivity contribution in [3.05, 3.63) is 35.2 Å². The summed E-state index contributed by atoms with van der Waals surface area (Å²) in [5, 5.41) is 12.8. The molecule has 7 heteroatoms. The maximum Gasteiger partial charge on any atom is 0.168 e. The Bertz CT molecular complexity index is 792. The first kappa shape index (κ1) is 20.3. The number of hydrogen-bond donors (Lipinski definition) is 0. The van der Waals surface area contributed by atoms with E-state index >= 15 is 0 Å². The van der Waals surface area contributed by atoms with E-state index in [4.69, 9.17) is 4.74 Å². The van der Waals surface area contributed by atoms with Crippen LogP contribution in [0.15, 0.2) is 18.2 Å². The maximum atomic E-state index is 5.81. The molecule has 2 fully saturated rings. The highest BCUT2D eigenvalue weighted by Crippen LogP contribution is 2.29. The van der Waals surface area contributed by atoms with Crippen LogP contribution in [0.4, 0.5) is 5.69 Å². The lowest BCUT2D eigenvalue weighted by molar-refractivity contribution is 0.0891. The highest BCUT2D eigenvalue weighted by molar-refractivity contribution is 5.56. The molecule has 4 rings (SSSR count). The molecule has 0 amide bonds. The van der Waals surface area contributed by atoms with Crippen LogP contribution in [0.2, 0.25) is 0 Å². The quantitative estimate of drug-likeness (QED) is 0.714. The molecule has 7 nitrogen and oxygen atoms in total. The zero-order chi connectivity index (χ0) is 20.2. The molecule has 0 aliphatic carbocycles. The Balaban J connectivity index is 1.45. The summed E-state index contributed by atoms with van der Waals surface area (Å²) in [5.41, 5.74) is 4.13. The Morgan fingerprint density at radius 3 is 2.72 bits per heavy atom. The molecule has 1 aromatic heterocycles. The normalized spacial score (nSPS) is 21.6. The average molecular weight is 399 g/mol. The standard InChI is InChI=1S/C22H34N6O/c1-4-7-21(22-23-24-25-28(22)16-19-9-6-15-29-19)27-13-11-26(12-14-27)20-10-5-8-17(2)18(20)3/h5,8,10,19,21H,4,6-7,9,11-16H2,1-3H3/t19-,21-/m1/s1. The van der Waals surface area contributed by atoms with Crippen LogP contribution >= 0.6 is 0 Å². The lowest BCUT2D eigenvalue weighted by Gasteiger charge is -2.40. The van der Waals surface area contributed by atoms with Crippen molar-refractivity contribution in [2.45, 2.75) is 65.1 Å². The van der Waals surface area contributed by atoms with Crippen LogP contribution in [0.25, 0.3) is 0 Å². The predicted molar refractivity (Wildman–Crippen MR) is 114 cm³/mol. The molecule has 2 atom stereocenters. The maximum absolute atomic E-state index is 5.81. The van der Waals surface area contributed by atoms with Gasteiger partial charge in [0.1, 0.15) is 0 Å². The molecule has 3 heterocycles. The van der Waals surface area contributed by atoms with E-state index in [2.05, 4.69) is 64.3 Å². The van der Waals surface area contributed by atoms with Crippen molar-refractivity contribution in [2.75, 3.05) is 37.7 Å². The van der Waals surface area contributed by atoms with Crippen molar-refractivity contribution in [3.63, 3.8) is 0 Å². The predicted octanol–water partition coefficient (Wildman–Crippen LogP) is 3.13. The minimum absolute atomic E-state index is 0.251. The number of tetrazole rings is 1. The molecule has 2 aliphatic heterocycles. The summed E-state index contributed by atoms with van der Waals surface area (Å²) in [7, 11) is 0. The highest BCUT2D eigenvalue weighted by atomic mass is 16.5. The molecule has 158 valence electrons. The van der Waals surface area contributed by atoms with Crippen molar-refractivity contribution in [1.82, 2.24) is 25.1 Å². The molecule has 0 N–H and O–H groups in total. The van der Waals surface area contributed by atoms with E-state index in [1.807, 2.05) is 4.68 Å². The van der Waals surface area contributed by atoms with Crippen molar-refractivity contribution < 1.29 is 4.74 Å². The summed E-state index contributed by atoms with van der Waals surface area (Å²) in [5.74, 6) is 1.00. The fraction of sp³-hybridized carbons (Fsp3) is 0.682. The van der Waals surface area contributed by atoms with E-state index in [0.29, 0.717) is 0 Å². The second-order valence-corrected chi connectivity index (χ2v) is 8.40. The number of ether oxygens (including phenoxy) is 1. The minimum atomic E-state index is 0.251. The van der Waals surface area contributed by atoms with Gasteiger partial charge in [-0.25, -0.2) is 4.68 Å². The van der Waals surface area contributed by atoms with Gasteiger partial charge in [0.2, 0.25) is 0 Å². The van der Waals surface area contributed by atoms with Gasteiger partial charge in [0.25, 0.3) is 0 Å². The number of aromatic nitrogens is 4. The summed E-state index contributed by atoms with van der Waals surface area (Å²) < 4.78 is 7.81. The molecule has 2 saturated heterocycles. The molecule has 2 aromatic rings. The van der Waals surface area contributed by atoms with E-state index in [-0.39, 0.29) is 12.1 Å². The monoisotopic (exact) mass is 398 g/mol. The number of piperazine rings is 1. The highest BCUT2D eigenvalue weighted by Gasteiger charge is 2.30. The van der Waals surface area contributed by atoms with Crippen LogP contribution in [-0.4, -0.2) is 64.0 Å².